The van der Waals surface area contributed by atoms with Gasteiger partial charge >= 0.3 is 6.03 Å². The van der Waals surface area contributed by atoms with E-state index in [0.29, 0.717) is 29.3 Å². The lowest BCUT2D eigenvalue weighted by atomic mass is 9.93. The summed E-state index contributed by atoms with van der Waals surface area (Å²) in [6.07, 6.45) is 2.24. The van der Waals surface area contributed by atoms with Crippen molar-refractivity contribution in [3.05, 3.63) is 65.2 Å². The van der Waals surface area contributed by atoms with Crippen LogP contribution in [0.25, 0.3) is 0 Å². The molecule has 0 aromatic heterocycles. The second-order valence-electron chi connectivity index (χ2n) is 9.72. The number of amides is 4. The van der Waals surface area contributed by atoms with E-state index >= 15 is 0 Å². The van der Waals surface area contributed by atoms with Gasteiger partial charge in [0.1, 0.15) is 13.3 Å². The number of fused-ring (bicyclic) bond motifs is 2. The molecular weight excluding hydrogens is 460 g/mol. The number of ketones is 1. The largest absolute Gasteiger partial charge is 0.341 e. The normalized spacial score (nSPS) is 21.4. The fraction of sp³-hybridized carbons (Fsp3) is 0.407. The van der Waals surface area contributed by atoms with E-state index in [2.05, 4.69) is 17.6 Å². The monoisotopic (exact) mass is 490 g/mol. The van der Waals surface area contributed by atoms with Crippen LogP contribution in [0.2, 0.25) is 0 Å². The van der Waals surface area contributed by atoms with Crippen LogP contribution in [-0.2, 0) is 37.7 Å². The van der Waals surface area contributed by atoms with E-state index in [9.17, 15) is 19.2 Å². The number of ether oxygens (including phenoxy) is 1. The molecular formula is C27H30N4O5. The highest BCUT2D eigenvalue weighted by atomic mass is 16.5. The van der Waals surface area contributed by atoms with Gasteiger partial charge in [0.25, 0.3) is 5.91 Å². The van der Waals surface area contributed by atoms with Gasteiger partial charge in [-0.2, -0.15) is 0 Å². The van der Waals surface area contributed by atoms with Gasteiger partial charge < -0.3 is 25.2 Å². The fourth-order valence-electron chi connectivity index (χ4n) is 5.13. The number of benzene rings is 2. The van der Waals surface area contributed by atoms with Gasteiger partial charge in [0.2, 0.25) is 11.5 Å². The van der Waals surface area contributed by atoms with Gasteiger partial charge in [0, 0.05) is 37.3 Å². The summed E-state index contributed by atoms with van der Waals surface area (Å²) in [5.74, 6) is -0.602. The molecule has 1 aliphatic heterocycles. The van der Waals surface area contributed by atoms with Gasteiger partial charge in [-0.3, -0.25) is 14.4 Å². The molecule has 1 heterocycles. The predicted molar refractivity (Wildman–Crippen MR) is 132 cm³/mol. The molecule has 2 aromatic rings. The van der Waals surface area contributed by atoms with Crippen molar-refractivity contribution < 1.29 is 23.9 Å². The Balaban J connectivity index is 1.36. The van der Waals surface area contributed by atoms with Crippen LogP contribution in [-0.4, -0.2) is 59.8 Å². The SMILES string of the molecule is CNC(=O)Nc1ccc2c(c1)[C@@]1(OCN(CC(=O)N(Cc3ccccc3)C(C)C3CC3)C1=O)C(=O)C2. The Bertz CT molecular complexity index is 1210. The number of nitrogens with zero attached hydrogens (tertiary/aromatic N) is 2. The van der Waals surface area contributed by atoms with E-state index in [0.717, 1.165) is 18.4 Å². The minimum absolute atomic E-state index is 0.0532. The van der Waals surface area contributed by atoms with Crippen molar-refractivity contribution in [2.45, 2.75) is 44.4 Å². The Morgan fingerprint density at radius 3 is 2.61 bits per heavy atom. The number of carbonyl (C=O) groups is 4. The van der Waals surface area contributed by atoms with Crippen molar-refractivity contribution >= 4 is 29.3 Å². The van der Waals surface area contributed by atoms with Crippen LogP contribution in [0.5, 0.6) is 0 Å². The summed E-state index contributed by atoms with van der Waals surface area (Å²) in [6.45, 7) is 2.20. The number of carbonyl (C=O) groups excluding carboxylic acids is 4. The average molecular weight is 491 g/mol. The van der Waals surface area contributed by atoms with Crippen molar-refractivity contribution in [3.63, 3.8) is 0 Å². The van der Waals surface area contributed by atoms with Crippen molar-refractivity contribution in [1.29, 1.82) is 0 Å². The van der Waals surface area contributed by atoms with Crippen LogP contribution in [0.15, 0.2) is 48.5 Å². The summed E-state index contributed by atoms with van der Waals surface area (Å²) in [6, 6.07) is 14.4. The Labute approximate surface area is 209 Å². The first kappa shape index (κ1) is 24.0. The molecule has 2 aromatic carbocycles. The van der Waals surface area contributed by atoms with E-state index in [4.69, 9.17) is 4.74 Å². The van der Waals surface area contributed by atoms with Gasteiger partial charge in [-0.05, 0) is 48.9 Å². The summed E-state index contributed by atoms with van der Waals surface area (Å²) in [5.41, 5.74) is 0.795. The molecule has 1 unspecified atom stereocenters. The predicted octanol–water partition coefficient (Wildman–Crippen LogP) is 2.40. The zero-order chi connectivity index (χ0) is 25.4. The minimum Gasteiger partial charge on any atom is -0.341 e. The summed E-state index contributed by atoms with van der Waals surface area (Å²) in [7, 11) is 1.50. The zero-order valence-electron chi connectivity index (χ0n) is 20.5. The van der Waals surface area contributed by atoms with Crippen molar-refractivity contribution in [2.75, 3.05) is 25.6 Å². The first-order valence-electron chi connectivity index (χ1n) is 12.3. The number of hydrogen-bond acceptors (Lipinski definition) is 5. The second kappa shape index (κ2) is 9.39. The number of urea groups is 1. The number of rotatable bonds is 7. The summed E-state index contributed by atoms with van der Waals surface area (Å²) in [5, 5.41) is 5.14. The van der Waals surface area contributed by atoms with Gasteiger partial charge in [-0.25, -0.2) is 4.79 Å². The van der Waals surface area contributed by atoms with E-state index in [-0.39, 0.29) is 37.4 Å². The van der Waals surface area contributed by atoms with Crippen LogP contribution >= 0.6 is 0 Å². The maximum atomic E-state index is 13.6. The first-order valence-corrected chi connectivity index (χ1v) is 12.3. The molecule has 4 amide bonds. The highest BCUT2D eigenvalue weighted by molar-refractivity contribution is 6.15. The van der Waals surface area contributed by atoms with Crippen LogP contribution in [0, 0.1) is 5.92 Å². The van der Waals surface area contributed by atoms with Gasteiger partial charge in [0.15, 0.2) is 5.78 Å². The van der Waals surface area contributed by atoms with Crippen LogP contribution in [0.3, 0.4) is 0 Å². The van der Waals surface area contributed by atoms with Crippen molar-refractivity contribution in [1.82, 2.24) is 15.1 Å². The third-order valence-corrected chi connectivity index (χ3v) is 7.38. The summed E-state index contributed by atoms with van der Waals surface area (Å²) in [4.78, 5) is 55.2. The lowest BCUT2D eigenvalue weighted by Gasteiger charge is -2.31. The molecule has 9 heteroatoms. The molecule has 2 atom stereocenters. The van der Waals surface area contributed by atoms with E-state index in [1.807, 2.05) is 35.2 Å². The fourth-order valence-corrected chi connectivity index (χ4v) is 5.13. The number of anilines is 1. The highest BCUT2D eigenvalue weighted by Gasteiger charge is 2.59. The van der Waals surface area contributed by atoms with E-state index in [1.165, 1.54) is 11.9 Å². The van der Waals surface area contributed by atoms with Gasteiger partial charge in [0.05, 0.1) is 0 Å². The molecule has 1 spiro atoms. The average Bonchev–Trinajstić information content (AvgIpc) is 3.63. The molecule has 0 radical (unpaired) electrons. The number of nitrogens with one attached hydrogen (secondary N) is 2. The third kappa shape index (κ3) is 4.24. The van der Waals surface area contributed by atoms with Crippen LogP contribution < -0.4 is 10.6 Å². The zero-order valence-corrected chi connectivity index (χ0v) is 20.5. The molecule has 9 nitrogen and oxygen atoms in total. The Morgan fingerprint density at radius 2 is 1.92 bits per heavy atom. The third-order valence-electron chi connectivity index (χ3n) is 7.38. The molecule has 188 valence electrons. The molecule has 5 rings (SSSR count). The van der Waals surface area contributed by atoms with Gasteiger partial charge in [-0.1, -0.05) is 36.4 Å². The highest BCUT2D eigenvalue weighted by Crippen LogP contribution is 2.43. The lowest BCUT2D eigenvalue weighted by molar-refractivity contribution is -0.149. The standard InChI is InChI=1S/C27H30N4O5/c1-17(19-8-9-19)31(14-18-6-4-3-5-7-18)24(33)15-30-16-36-27(25(30)34)22-13-21(29-26(35)28-2)11-10-20(22)12-23(27)32/h3-7,10-11,13,17,19H,8-9,12,14-16H2,1-2H3,(H2,28,29,35)/t17?,27-/m1/s1. The minimum atomic E-state index is -1.78. The summed E-state index contributed by atoms with van der Waals surface area (Å²) >= 11 is 0. The topological polar surface area (TPSA) is 108 Å². The quantitative estimate of drug-likeness (QED) is 0.580. The first-order chi connectivity index (χ1) is 17.3. The van der Waals surface area contributed by atoms with Crippen molar-refractivity contribution in [2.24, 2.45) is 5.92 Å². The smallest absolute Gasteiger partial charge is 0.318 e. The number of Topliss-reactive ketones (excluding diaryl/α,β-unsaturated/α-hetero) is 1. The molecule has 2 fully saturated rings. The Hall–Kier alpha value is -3.72. The molecule has 1 saturated carbocycles. The molecule has 2 N–H and O–H groups in total. The van der Waals surface area contributed by atoms with Crippen LogP contribution in [0.4, 0.5) is 10.5 Å². The molecule has 3 aliphatic rings. The maximum absolute atomic E-state index is 13.6. The van der Waals surface area contributed by atoms with E-state index in [1.54, 1.807) is 18.2 Å². The Kier molecular flexibility index (Phi) is 6.26. The molecule has 36 heavy (non-hydrogen) atoms. The number of hydrogen-bond donors (Lipinski definition) is 2. The summed E-state index contributed by atoms with van der Waals surface area (Å²) < 4.78 is 5.90. The Morgan fingerprint density at radius 1 is 1.17 bits per heavy atom. The lowest BCUT2D eigenvalue weighted by Crippen LogP contribution is -2.48. The molecule has 1 saturated heterocycles. The maximum Gasteiger partial charge on any atom is 0.318 e. The van der Waals surface area contributed by atoms with Crippen LogP contribution in [0.1, 0.15) is 36.5 Å². The second-order valence-corrected chi connectivity index (χ2v) is 9.72. The molecule has 0 bridgehead atoms. The van der Waals surface area contributed by atoms with Crippen molar-refractivity contribution in [3.8, 4) is 0 Å². The van der Waals surface area contributed by atoms with E-state index < -0.39 is 17.5 Å². The van der Waals surface area contributed by atoms with Gasteiger partial charge in [-0.15, -0.1) is 0 Å². The molecule has 2 aliphatic carbocycles.